The van der Waals surface area contributed by atoms with Gasteiger partial charge in [0.15, 0.2) is 0 Å². The van der Waals surface area contributed by atoms with Gasteiger partial charge in [-0.2, -0.15) is 0 Å². The van der Waals surface area contributed by atoms with E-state index in [0.717, 1.165) is 23.7 Å². The first-order valence-electron chi connectivity index (χ1n) is 5.43. The van der Waals surface area contributed by atoms with Crippen molar-refractivity contribution in [1.82, 2.24) is 0 Å². The van der Waals surface area contributed by atoms with Crippen LogP contribution in [0, 0.1) is 0 Å². The van der Waals surface area contributed by atoms with Gasteiger partial charge in [0.05, 0.1) is 0 Å². The first kappa shape index (κ1) is 12.1. The highest BCUT2D eigenvalue weighted by molar-refractivity contribution is 6.30. The molecule has 1 nitrogen and oxygen atoms in total. The molecule has 0 radical (unpaired) electrons. The monoisotopic (exact) mass is 223 g/mol. The van der Waals surface area contributed by atoms with Gasteiger partial charge >= 0.3 is 0 Å². The van der Waals surface area contributed by atoms with Crippen molar-refractivity contribution in [3.63, 3.8) is 0 Å². The summed E-state index contributed by atoms with van der Waals surface area (Å²) in [5, 5.41) is 4.15. The SMILES string of the molecule is C=CCCCCCNc1ccc(Cl)cc1. The summed E-state index contributed by atoms with van der Waals surface area (Å²) < 4.78 is 0. The average molecular weight is 224 g/mol. The van der Waals surface area contributed by atoms with E-state index in [1.54, 1.807) is 0 Å². The fourth-order valence-corrected chi connectivity index (χ4v) is 1.52. The van der Waals surface area contributed by atoms with Gasteiger partial charge in [-0.25, -0.2) is 0 Å². The zero-order chi connectivity index (χ0) is 10.9. The van der Waals surface area contributed by atoms with Crippen molar-refractivity contribution >= 4 is 17.3 Å². The zero-order valence-electron chi connectivity index (χ0n) is 9.01. The number of rotatable bonds is 7. The predicted molar refractivity (Wildman–Crippen MR) is 68.6 cm³/mol. The zero-order valence-corrected chi connectivity index (χ0v) is 9.76. The standard InChI is InChI=1S/C13H18ClN/c1-2-3-4-5-6-11-15-13-9-7-12(14)8-10-13/h2,7-10,15H,1,3-6,11H2. The summed E-state index contributed by atoms with van der Waals surface area (Å²) in [6.07, 6.45) is 6.81. The second-order valence-corrected chi connectivity index (χ2v) is 4.01. The van der Waals surface area contributed by atoms with Crippen molar-refractivity contribution in [1.29, 1.82) is 0 Å². The highest BCUT2D eigenvalue weighted by Crippen LogP contribution is 2.13. The molecule has 0 aliphatic rings. The topological polar surface area (TPSA) is 12.0 Å². The predicted octanol–water partition coefficient (Wildman–Crippen LogP) is 4.50. The van der Waals surface area contributed by atoms with E-state index < -0.39 is 0 Å². The third-order valence-corrected chi connectivity index (χ3v) is 2.51. The highest BCUT2D eigenvalue weighted by atomic mass is 35.5. The van der Waals surface area contributed by atoms with Crippen molar-refractivity contribution < 1.29 is 0 Å². The van der Waals surface area contributed by atoms with Gasteiger partial charge in [-0.1, -0.05) is 24.1 Å². The van der Waals surface area contributed by atoms with Crippen molar-refractivity contribution in [2.45, 2.75) is 25.7 Å². The van der Waals surface area contributed by atoms with Gasteiger partial charge in [-0.15, -0.1) is 6.58 Å². The number of allylic oxidation sites excluding steroid dienone is 1. The Morgan fingerprint density at radius 1 is 1.13 bits per heavy atom. The van der Waals surface area contributed by atoms with Gasteiger partial charge in [-0.3, -0.25) is 0 Å². The van der Waals surface area contributed by atoms with Gasteiger partial charge < -0.3 is 5.32 Å². The fourth-order valence-electron chi connectivity index (χ4n) is 1.39. The molecule has 1 rings (SSSR count). The summed E-state index contributed by atoms with van der Waals surface area (Å²) >= 11 is 5.79. The van der Waals surface area contributed by atoms with Crippen molar-refractivity contribution in [2.24, 2.45) is 0 Å². The minimum absolute atomic E-state index is 0.784. The van der Waals surface area contributed by atoms with Crippen LogP contribution in [0.5, 0.6) is 0 Å². The molecule has 0 fully saturated rings. The first-order chi connectivity index (χ1) is 7.33. The van der Waals surface area contributed by atoms with Gasteiger partial charge in [0.1, 0.15) is 0 Å². The van der Waals surface area contributed by atoms with Crippen LogP contribution in [0.4, 0.5) is 5.69 Å². The maximum absolute atomic E-state index is 5.79. The Labute approximate surface area is 97.1 Å². The third kappa shape index (κ3) is 5.48. The Kier molecular flexibility index (Phi) is 5.94. The van der Waals surface area contributed by atoms with Crippen LogP contribution in [0.1, 0.15) is 25.7 Å². The molecule has 1 aromatic rings. The number of benzene rings is 1. The molecule has 0 aromatic heterocycles. The number of unbranched alkanes of at least 4 members (excludes halogenated alkanes) is 3. The summed E-state index contributed by atoms with van der Waals surface area (Å²) in [5.41, 5.74) is 1.14. The summed E-state index contributed by atoms with van der Waals surface area (Å²) in [6, 6.07) is 7.82. The van der Waals surface area contributed by atoms with E-state index in [2.05, 4.69) is 11.9 Å². The second-order valence-electron chi connectivity index (χ2n) is 3.57. The number of hydrogen-bond donors (Lipinski definition) is 1. The number of anilines is 1. The minimum Gasteiger partial charge on any atom is -0.385 e. The van der Waals surface area contributed by atoms with Crippen LogP contribution in [0.3, 0.4) is 0 Å². The number of nitrogens with one attached hydrogen (secondary N) is 1. The van der Waals surface area contributed by atoms with Crippen molar-refractivity contribution in [2.75, 3.05) is 11.9 Å². The molecule has 82 valence electrons. The van der Waals surface area contributed by atoms with Gasteiger partial charge in [0, 0.05) is 17.3 Å². The molecule has 1 N–H and O–H groups in total. The molecule has 0 bridgehead atoms. The lowest BCUT2D eigenvalue weighted by molar-refractivity contribution is 0.709. The van der Waals surface area contributed by atoms with Crippen molar-refractivity contribution in [3.8, 4) is 0 Å². The molecule has 0 saturated carbocycles. The fraction of sp³-hybridized carbons (Fsp3) is 0.385. The molecule has 0 spiro atoms. The Morgan fingerprint density at radius 3 is 2.53 bits per heavy atom. The largest absolute Gasteiger partial charge is 0.385 e. The van der Waals surface area contributed by atoms with E-state index in [1.807, 2.05) is 30.3 Å². The van der Waals surface area contributed by atoms with Crippen LogP contribution in [0.25, 0.3) is 0 Å². The maximum atomic E-state index is 5.79. The molecule has 2 heteroatoms. The van der Waals surface area contributed by atoms with Crippen LogP contribution in [0.2, 0.25) is 5.02 Å². The lowest BCUT2D eigenvalue weighted by atomic mass is 10.2. The lowest BCUT2D eigenvalue weighted by Gasteiger charge is -2.05. The van der Waals surface area contributed by atoms with Crippen LogP contribution in [0.15, 0.2) is 36.9 Å². The van der Waals surface area contributed by atoms with Crippen LogP contribution < -0.4 is 5.32 Å². The van der Waals surface area contributed by atoms with Crippen LogP contribution in [-0.2, 0) is 0 Å². The smallest absolute Gasteiger partial charge is 0.0407 e. The third-order valence-electron chi connectivity index (χ3n) is 2.26. The molecule has 0 heterocycles. The Bertz CT molecular complexity index is 279. The molecule has 1 aromatic carbocycles. The van der Waals surface area contributed by atoms with E-state index in [1.165, 1.54) is 19.3 Å². The van der Waals surface area contributed by atoms with Crippen molar-refractivity contribution in [3.05, 3.63) is 41.9 Å². The van der Waals surface area contributed by atoms with E-state index in [-0.39, 0.29) is 0 Å². The van der Waals surface area contributed by atoms with Gasteiger partial charge in [0.2, 0.25) is 0 Å². The number of hydrogen-bond acceptors (Lipinski definition) is 1. The Balaban J connectivity index is 2.09. The van der Waals surface area contributed by atoms with Gasteiger partial charge in [0.25, 0.3) is 0 Å². The highest BCUT2D eigenvalue weighted by Gasteiger charge is 1.92. The molecule has 0 aliphatic carbocycles. The second kappa shape index (κ2) is 7.36. The quantitative estimate of drug-likeness (QED) is 0.530. The summed E-state index contributed by atoms with van der Waals surface area (Å²) in [4.78, 5) is 0. The van der Waals surface area contributed by atoms with Crippen LogP contribution >= 0.6 is 11.6 Å². The summed E-state index contributed by atoms with van der Waals surface area (Å²) in [6.45, 7) is 4.73. The van der Waals surface area contributed by atoms with Crippen LogP contribution in [-0.4, -0.2) is 6.54 Å². The number of halogens is 1. The van der Waals surface area contributed by atoms with E-state index in [0.29, 0.717) is 0 Å². The average Bonchev–Trinajstić information content (AvgIpc) is 2.26. The molecular weight excluding hydrogens is 206 g/mol. The minimum atomic E-state index is 0.784. The molecule has 0 aliphatic heterocycles. The van der Waals surface area contributed by atoms with E-state index >= 15 is 0 Å². The molecule has 0 amide bonds. The maximum Gasteiger partial charge on any atom is 0.0407 e. The Morgan fingerprint density at radius 2 is 1.87 bits per heavy atom. The molecule has 15 heavy (non-hydrogen) atoms. The normalized spacial score (nSPS) is 9.93. The van der Waals surface area contributed by atoms with E-state index in [4.69, 9.17) is 11.6 Å². The summed E-state index contributed by atoms with van der Waals surface area (Å²) in [5.74, 6) is 0. The first-order valence-corrected chi connectivity index (χ1v) is 5.81. The Hall–Kier alpha value is -0.950. The van der Waals surface area contributed by atoms with E-state index in [9.17, 15) is 0 Å². The molecule has 0 unspecified atom stereocenters. The molecule has 0 saturated heterocycles. The van der Waals surface area contributed by atoms with Gasteiger partial charge in [-0.05, 0) is 43.5 Å². The molecular formula is C13H18ClN. The summed E-state index contributed by atoms with van der Waals surface area (Å²) in [7, 11) is 0. The lowest BCUT2D eigenvalue weighted by Crippen LogP contribution is -2.00. The molecule has 0 atom stereocenters.